The largest absolute Gasteiger partial charge is 0.444 e. The van der Waals surface area contributed by atoms with Crippen LogP contribution in [0.2, 0.25) is 5.02 Å². The van der Waals surface area contributed by atoms with Crippen LogP contribution in [0.4, 0.5) is 14.9 Å². The number of benzene rings is 1. The fourth-order valence-corrected chi connectivity index (χ4v) is 8.34. The topological polar surface area (TPSA) is 146 Å². The summed E-state index contributed by atoms with van der Waals surface area (Å²) in [6.45, 7) is 10.4. The lowest BCUT2D eigenvalue weighted by molar-refractivity contribution is 0.0560. The van der Waals surface area contributed by atoms with Crippen molar-refractivity contribution in [1.82, 2.24) is 10.3 Å². The van der Waals surface area contributed by atoms with Gasteiger partial charge in [0.05, 0.1) is 25.6 Å². The zero-order valence-corrected chi connectivity index (χ0v) is 24.5. The van der Waals surface area contributed by atoms with Crippen molar-refractivity contribution in [1.29, 1.82) is 5.26 Å². The average Bonchev–Trinajstić information content (AvgIpc) is 3.27. The van der Waals surface area contributed by atoms with Crippen LogP contribution < -0.4 is 10.6 Å². The lowest BCUT2D eigenvalue weighted by Crippen LogP contribution is -2.60. The first-order chi connectivity index (χ1) is 18.5. The third kappa shape index (κ3) is 5.15. The minimum absolute atomic E-state index is 0.0184. The third-order valence-electron chi connectivity index (χ3n) is 6.91. The maximum atomic E-state index is 15.5. The quantitative estimate of drug-likeness (QED) is 0.506. The summed E-state index contributed by atoms with van der Waals surface area (Å²) in [5, 5.41) is 13.6. The Morgan fingerprint density at radius 1 is 1.23 bits per heavy atom. The van der Waals surface area contributed by atoms with Crippen LogP contribution in [0.3, 0.4) is 0 Å². The van der Waals surface area contributed by atoms with Crippen LogP contribution in [0.15, 0.2) is 39.8 Å². The molecule has 3 atom stereocenters. The first-order valence-electron chi connectivity index (χ1n) is 12.5. The second-order valence-electron chi connectivity index (χ2n) is 11.3. The molecule has 212 valence electrons. The van der Waals surface area contributed by atoms with Crippen molar-refractivity contribution in [2.24, 2.45) is 9.36 Å². The number of fused-ring (bicyclic) bond motifs is 1. The van der Waals surface area contributed by atoms with E-state index in [-0.39, 0.29) is 33.4 Å². The van der Waals surface area contributed by atoms with Crippen LogP contribution in [0, 0.1) is 17.1 Å². The number of nitrogens with one attached hydrogen (secondary N) is 2. The molecule has 40 heavy (non-hydrogen) atoms. The molecule has 0 saturated carbocycles. The number of carbonyl (C=O) groups is 2. The summed E-state index contributed by atoms with van der Waals surface area (Å²) in [7, 11) is -3.06. The molecule has 3 heterocycles. The molecule has 0 unspecified atom stereocenters. The van der Waals surface area contributed by atoms with E-state index in [0.29, 0.717) is 13.0 Å². The summed E-state index contributed by atoms with van der Waals surface area (Å²) in [5.74, 6) is -1.24. The standard InChI is InChI=1S/C27H30ClFN6O4S/c1-25(2,3)39-24(37)34-23-26(4,5)40(38)20(9-10-32-40)27(6,35-23)17-12-16(7-8-19(17)29)33-22(36)21-18(28)11-15(13-30)14-31-21/h7-8,11-12,14,20H,9-10H2,1-6H3,(H,33,36)(H,34,35,37)/t20-,27+,40+/m0/s1. The molecule has 2 aliphatic rings. The zero-order chi connectivity index (χ0) is 29.7. The Hall–Kier alpha value is -3.56. The summed E-state index contributed by atoms with van der Waals surface area (Å²) in [6.07, 6.45) is 0.827. The number of halogens is 2. The van der Waals surface area contributed by atoms with E-state index in [1.165, 1.54) is 30.5 Å². The highest BCUT2D eigenvalue weighted by Gasteiger charge is 2.57. The number of hydrogen-bond acceptors (Lipinski definition) is 8. The summed E-state index contributed by atoms with van der Waals surface area (Å²) in [4.78, 5) is 34.4. The van der Waals surface area contributed by atoms with Gasteiger partial charge < -0.3 is 10.1 Å². The summed E-state index contributed by atoms with van der Waals surface area (Å²) >= 11 is 6.13. The zero-order valence-electron chi connectivity index (χ0n) is 23.0. The molecule has 0 radical (unpaired) electrons. The molecule has 0 fully saturated rings. The molecular weight excluding hydrogens is 559 g/mol. The first kappa shape index (κ1) is 29.4. The van der Waals surface area contributed by atoms with Gasteiger partial charge in [-0.25, -0.2) is 22.7 Å². The number of nitriles is 1. The first-order valence-corrected chi connectivity index (χ1v) is 14.5. The third-order valence-corrected chi connectivity index (χ3v) is 10.9. The minimum atomic E-state index is -3.06. The van der Waals surface area contributed by atoms with E-state index in [1.807, 2.05) is 6.07 Å². The van der Waals surface area contributed by atoms with Gasteiger partial charge in [0.15, 0.2) is 0 Å². The molecule has 1 aromatic carbocycles. The van der Waals surface area contributed by atoms with Crippen molar-refractivity contribution >= 4 is 44.9 Å². The van der Waals surface area contributed by atoms with Crippen LogP contribution in [0.1, 0.15) is 69.6 Å². The average molecular weight is 589 g/mol. The Bertz CT molecular complexity index is 1600. The molecule has 10 nitrogen and oxygen atoms in total. The number of amides is 2. The maximum absolute atomic E-state index is 15.5. The molecule has 0 spiro atoms. The number of aliphatic imine (C=N–C) groups is 1. The van der Waals surface area contributed by atoms with Crippen LogP contribution in [0.5, 0.6) is 0 Å². The highest BCUT2D eigenvalue weighted by molar-refractivity contribution is 7.96. The van der Waals surface area contributed by atoms with Gasteiger partial charge in [-0.1, -0.05) is 11.6 Å². The second kappa shape index (κ2) is 10.1. The van der Waals surface area contributed by atoms with Gasteiger partial charge in [0, 0.05) is 24.0 Å². The summed E-state index contributed by atoms with van der Waals surface area (Å²) in [5.41, 5.74) is -1.84. The fraction of sp³-hybridized carbons (Fsp3) is 0.444. The van der Waals surface area contributed by atoms with Crippen molar-refractivity contribution in [3.8, 4) is 6.07 Å². The maximum Gasteiger partial charge on any atom is 0.413 e. The number of amidine groups is 1. The Morgan fingerprint density at radius 3 is 2.55 bits per heavy atom. The Balaban J connectivity index is 1.77. The van der Waals surface area contributed by atoms with Gasteiger partial charge in [-0.15, -0.1) is 0 Å². The molecule has 2 aliphatic heterocycles. The van der Waals surface area contributed by atoms with E-state index in [4.69, 9.17) is 26.6 Å². The van der Waals surface area contributed by atoms with E-state index in [9.17, 15) is 13.8 Å². The molecule has 2 N–H and O–H groups in total. The van der Waals surface area contributed by atoms with Crippen LogP contribution in [-0.2, 0) is 20.0 Å². The van der Waals surface area contributed by atoms with E-state index >= 15 is 4.39 Å². The molecule has 13 heteroatoms. The molecule has 1 aromatic heterocycles. The smallest absolute Gasteiger partial charge is 0.413 e. The lowest BCUT2D eigenvalue weighted by atomic mass is 9.85. The molecule has 2 amide bonds. The van der Waals surface area contributed by atoms with Crippen molar-refractivity contribution in [2.45, 2.75) is 69.1 Å². The van der Waals surface area contributed by atoms with Crippen LogP contribution in [-0.4, -0.2) is 49.2 Å². The normalized spacial score (nSPS) is 25.1. The molecule has 2 aromatic rings. The predicted octanol–water partition coefficient (Wildman–Crippen LogP) is 5.17. The molecule has 0 bridgehead atoms. The fourth-order valence-electron chi connectivity index (χ4n) is 4.90. The Labute approximate surface area is 237 Å². The molecule has 4 rings (SSSR count). The van der Waals surface area contributed by atoms with Crippen molar-refractivity contribution < 1.29 is 22.9 Å². The van der Waals surface area contributed by atoms with E-state index in [0.717, 1.165) is 0 Å². The highest BCUT2D eigenvalue weighted by atomic mass is 35.5. The molecule has 0 saturated heterocycles. The predicted molar refractivity (Wildman–Crippen MR) is 150 cm³/mol. The second-order valence-corrected chi connectivity index (χ2v) is 14.7. The van der Waals surface area contributed by atoms with Gasteiger partial charge in [0.25, 0.3) is 5.91 Å². The number of pyridine rings is 1. The number of hydrogen-bond donors (Lipinski definition) is 2. The SMILES string of the molecule is CC(C)(C)OC(=O)NC1=N[C@](C)(c2cc(NC(=O)c3ncc(C#N)cc3Cl)ccc2F)[C@@H]2CCN=[S@]2(=O)C1(C)C. The highest BCUT2D eigenvalue weighted by Crippen LogP contribution is 2.48. The number of ether oxygens (including phenoxy) is 1. The number of anilines is 1. The number of carbonyl (C=O) groups excluding carboxylic acids is 2. The molecule has 0 aliphatic carbocycles. The number of aromatic nitrogens is 1. The van der Waals surface area contributed by atoms with Gasteiger partial charge in [0.2, 0.25) is 0 Å². The van der Waals surface area contributed by atoms with Crippen LogP contribution in [0.25, 0.3) is 0 Å². The minimum Gasteiger partial charge on any atom is -0.444 e. The molecular formula is C27H30ClFN6O4S. The Kier molecular flexibility index (Phi) is 7.45. The van der Waals surface area contributed by atoms with E-state index < -0.39 is 48.7 Å². The van der Waals surface area contributed by atoms with Gasteiger partial charge in [-0.2, -0.15) is 5.26 Å². The monoisotopic (exact) mass is 588 g/mol. The van der Waals surface area contributed by atoms with Crippen LogP contribution >= 0.6 is 11.6 Å². The summed E-state index contributed by atoms with van der Waals surface area (Å²) in [6, 6.07) is 7.16. The lowest BCUT2D eigenvalue weighted by Gasteiger charge is -2.45. The van der Waals surface area contributed by atoms with E-state index in [2.05, 4.69) is 20.0 Å². The van der Waals surface area contributed by atoms with Crippen molar-refractivity contribution in [3.63, 3.8) is 0 Å². The van der Waals surface area contributed by atoms with Gasteiger partial charge >= 0.3 is 6.09 Å². The van der Waals surface area contributed by atoms with Gasteiger partial charge in [-0.3, -0.25) is 15.1 Å². The number of nitrogens with zero attached hydrogens (tertiary/aromatic N) is 4. The van der Waals surface area contributed by atoms with Crippen molar-refractivity contribution in [2.75, 3.05) is 11.9 Å². The summed E-state index contributed by atoms with van der Waals surface area (Å²) < 4.78 is 38.7. The van der Waals surface area contributed by atoms with Gasteiger partial charge in [0.1, 0.15) is 39.3 Å². The number of rotatable bonds is 3. The van der Waals surface area contributed by atoms with E-state index in [1.54, 1.807) is 41.5 Å². The van der Waals surface area contributed by atoms with Crippen molar-refractivity contribution in [3.05, 3.63) is 58.1 Å². The number of alkyl carbamates (subject to hydrolysis) is 1. The Morgan fingerprint density at radius 2 is 1.93 bits per heavy atom. The van der Waals surface area contributed by atoms with Gasteiger partial charge in [-0.05, 0) is 72.2 Å².